The molecule has 0 radical (unpaired) electrons. The Labute approximate surface area is 148 Å². The number of aromatic amines is 1. The second-order valence-corrected chi connectivity index (χ2v) is 6.31. The lowest BCUT2D eigenvalue weighted by Crippen LogP contribution is -2.27. The van der Waals surface area contributed by atoms with Crippen LogP contribution in [0.3, 0.4) is 0 Å². The lowest BCUT2D eigenvalue weighted by molar-refractivity contribution is -0.116. The number of anilines is 1. The molecule has 0 aliphatic rings. The van der Waals surface area contributed by atoms with E-state index >= 15 is 0 Å². The van der Waals surface area contributed by atoms with Crippen LogP contribution in [0.4, 0.5) is 5.13 Å². The van der Waals surface area contributed by atoms with Crippen molar-refractivity contribution in [2.45, 2.75) is 13.3 Å². The first-order valence-electron chi connectivity index (χ1n) is 7.72. The second kappa shape index (κ2) is 7.35. The van der Waals surface area contributed by atoms with Crippen LogP contribution >= 0.6 is 11.3 Å². The summed E-state index contributed by atoms with van der Waals surface area (Å²) in [6.45, 7) is 2.10. The van der Waals surface area contributed by atoms with E-state index in [1.54, 1.807) is 13.2 Å². The third-order valence-corrected chi connectivity index (χ3v) is 4.47. The maximum absolute atomic E-state index is 12.2. The molecule has 25 heavy (non-hydrogen) atoms. The van der Waals surface area contributed by atoms with Crippen LogP contribution in [-0.4, -0.2) is 35.4 Å². The van der Waals surface area contributed by atoms with Gasteiger partial charge in [0.2, 0.25) is 5.91 Å². The molecule has 0 aliphatic heterocycles. The van der Waals surface area contributed by atoms with E-state index in [4.69, 9.17) is 4.74 Å². The van der Waals surface area contributed by atoms with Crippen molar-refractivity contribution in [1.29, 1.82) is 0 Å². The van der Waals surface area contributed by atoms with Gasteiger partial charge in [-0.05, 0) is 25.1 Å². The molecule has 8 heteroatoms. The van der Waals surface area contributed by atoms with Crippen LogP contribution < -0.4 is 15.4 Å². The minimum atomic E-state index is -0.267. The molecule has 0 fully saturated rings. The highest BCUT2D eigenvalue weighted by molar-refractivity contribution is 7.13. The third-order valence-electron chi connectivity index (χ3n) is 3.59. The maximum atomic E-state index is 12.2. The number of carbonyl (C=O) groups excluding carboxylic acids is 2. The van der Waals surface area contributed by atoms with Crippen molar-refractivity contribution in [3.05, 3.63) is 41.0 Å². The van der Waals surface area contributed by atoms with Gasteiger partial charge in [0, 0.05) is 29.2 Å². The number of benzene rings is 1. The van der Waals surface area contributed by atoms with E-state index in [0.29, 0.717) is 16.6 Å². The molecule has 3 N–H and O–H groups in total. The molecule has 0 bridgehead atoms. The van der Waals surface area contributed by atoms with E-state index in [9.17, 15) is 9.59 Å². The van der Waals surface area contributed by atoms with Gasteiger partial charge in [0.15, 0.2) is 5.13 Å². The van der Waals surface area contributed by atoms with Crippen molar-refractivity contribution in [2.75, 3.05) is 19.0 Å². The van der Waals surface area contributed by atoms with Crippen molar-refractivity contribution in [3.8, 4) is 5.75 Å². The molecule has 0 saturated heterocycles. The Morgan fingerprint density at radius 3 is 2.92 bits per heavy atom. The quantitative estimate of drug-likeness (QED) is 0.631. The summed E-state index contributed by atoms with van der Waals surface area (Å²) < 4.78 is 5.28. The summed E-state index contributed by atoms with van der Waals surface area (Å²) >= 11 is 1.37. The van der Waals surface area contributed by atoms with Crippen molar-refractivity contribution >= 4 is 39.2 Å². The maximum Gasteiger partial charge on any atom is 0.267 e. The Morgan fingerprint density at radius 1 is 1.36 bits per heavy atom. The number of nitrogens with zero attached hydrogens (tertiary/aromatic N) is 1. The minimum Gasteiger partial charge on any atom is -0.496 e. The Balaban J connectivity index is 1.55. The SMILES string of the molecule is COc1cccc2[nH]c(C(=O)NCCC(=O)Nc3nc(C)cs3)cc12. The Morgan fingerprint density at radius 2 is 2.20 bits per heavy atom. The number of hydrogen-bond acceptors (Lipinski definition) is 5. The number of amides is 2. The molecule has 130 valence electrons. The van der Waals surface area contributed by atoms with Gasteiger partial charge in [0.25, 0.3) is 5.91 Å². The van der Waals surface area contributed by atoms with Crippen LogP contribution in [0.1, 0.15) is 22.6 Å². The summed E-state index contributed by atoms with van der Waals surface area (Å²) in [7, 11) is 1.59. The number of rotatable bonds is 6. The fourth-order valence-corrected chi connectivity index (χ4v) is 3.11. The van der Waals surface area contributed by atoms with E-state index in [2.05, 4.69) is 20.6 Å². The summed E-state index contributed by atoms with van der Waals surface area (Å²) in [5.41, 5.74) is 2.11. The summed E-state index contributed by atoms with van der Waals surface area (Å²) in [6, 6.07) is 7.30. The van der Waals surface area contributed by atoms with Gasteiger partial charge in [-0.1, -0.05) is 6.07 Å². The van der Waals surface area contributed by atoms with Crippen molar-refractivity contribution < 1.29 is 14.3 Å². The number of nitrogens with one attached hydrogen (secondary N) is 3. The average molecular weight is 358 g/mol. The zero-order chi connectivity index (χ0) is 17.8. The fraction of sp³-hybridized carbons (Fsp3) is 0.235. The predicted octanol–water partition coefficient (Wildman–Crippen LogP) is 2.70. The Hall–Kier alpha value is -2.87. The van der Waals surface area contributed by atoms with Crippen LogP contribution in [0.25, 0.3) is 10.9 Å². The van der Waals surface area contributed by atoms with E-state index in [1.807, 2.05) is 30.5 Å². The van der Waals surface area contributed by atoms with Gasteiger partial charge in [0.1, 0.15) is 11.4 Å². The van der Waals surface area contributed by atoms with E-state index < -0.39 is 0 Å². The molecule has 7 nitrogen and oxygen atoms in total. The minimum absolute atomic E-state index is 0.175. The molecule has 0 atom stereocenters. The number of H-pyrrole nitrogens is 1. The topological polar surface area (TPSA) is 96.1 Å². The first-order valence-corrected chi connectivity index (χ1v) is 8.60. The molecular formula is C17H18N4O3S. The molecule has 2 heterocycles. The zero-order valence-electron chi connectivity index (χ0n) is 13.9. The highest BCUT2D eigenvalue weighted by atomic mass is 32.1. The number of fused-ring (bicyclic) bond motifs is 1. The monoisotopic (exact) mass is 358 g/mol. The van der Waals surface area contributed by atoms with Crippen LogP contribution in [0.5, 0.6) is 5.75 Å². The molecule has 0 aliphatic carbocycles. The van der Waals surface area contributed by atoms with Crippen molar-refractivity contribution in [1.82, 2.24) is 15.3 Å². The number of carbonyl (C=O) groups is 2. The summed E-state index contributed by atoms with van der Waals surface area (Å²) in [5, 5.41) is 8.70. The number of ether oxygens (including phenoxy) is 1. The van der Waals surface area contributed by atoms with E-state index in [0.717, 1.165) is 16.6 Å². The molecule has 1 aromatic carbocycles. The van der Waals surface area contributed by atoms with Crippen molar-refractivity contribution in [3.63, 3.8) is 0 Å². The molecular weight excluding hydrogens is 340 g/mol. The molecule has 3 aromatic rings. The summed E-state index contributed by atoms with van der Waals surface area (Å²) in [4.78, 5) is 31.3. The van der Waals surface area contributed by atoms with Gasteiger partial charge in [-0.25, -0.2) is 4.98 Å². The number of aryl methyl sites for hydroxylation is 1. The van der Waals surface area contributed by atoms with Gasteiger partial charge < -0.3 is 20.4 Å². The van der Waals surface area contributed by atoms with Crippen LogP contribution in [-0.2, 0) is 4.79 Å². The van der Waals surface area contributed by atoms with Gasteiger partial charge in [-0.15, -0.1) is 11.3 Å². The standard InChI is InChI=1S/C17H18N4O3S/c1-10-9-25-17(19-10)21-15(22)6-7-18-16(23)13-8-11-12(20-13)4-3-5-14(11)24-2/h3-5,8-9,20H,6-7H2,1-2H3,(H,18,23)(H,19,21,22). The second-order valence-electron chi connectivity index (χ2n) is 5.45. The summed E-state index contributed by atoms with van der Waals surface area (Å²) in [6.07, 6.45) is 0.175. The highest BCUT2D eigenvalue weighted by Crippen LogP contribution is 2.25. The van der Waals surface area contributed by atoms with Gasteiger partial charge in [-0.2, -0.15) is 0 Å². The molecule has 0 saturated carbocycles. The Kier molecular flexibility index (Phi) is 4.99. The normalized spacial score (nSPS) is 10.6. The predicted molar refractivity (Wildman–Crippen MR) is 97.3 cm³/mol. The largest absolute Gasteiger partial charge is 0.496 e. The first kappa shape index (κ1) is 17.0. The molecule has 0 unspecified atom stereocenters. The number of aromatic nitrogens is 2. The zero-order valence-corrected chi connectivity index (χ0v) is 14.7. The molecule has 2 amide bonds. The highest BCUT2D eigenvalue weighted by Gasteiger charge is 2.12. The molecule has 3 rings (SSSR count). The van der Waals surface area contributed by atoms with Gasteiger partial charge >= 0.3 is 0 Å². The average Bonchev–Trinajstić information content (AvgIpc) is 3.20. The number of thiazole rings is 1. The van der Waals surface area contributed by atoms with E-state index in [-0.39, 0.29) is 24.8 Å². The fourth-order valence-electron chi connectivity index (χ4n) is 2.41. The smallest absolute Gasteiger partial charge is 0.267 e. The van der Waals surface area contributed by atoms with Crippen LogP contribution in [0.2, 0.25) is 0 Å². The number of hydrogen-bond donors (Lipinski definition) is 3. The van der Waals surface area contributed by atoms with Crippen LogP contribution in [0, 0.1) is 6.92 Å². The van der Waals surface area contributed by atoms with E-state index in [1.165, 1.54) is 11.3 Å². The van der Waals surface area contributed by atoms with Gasteiger partial charge in [0.05, 0.1) is 12.8 Å². The lowest BCUT2D eigenvalue weighted by Gasteiger charge is -2.04. The third kappa shape index (κ3) is 3.97. The number of methoxy groups -OCH3 is 1. The molecule has 2 aromatic heterocycles. The van der Waals surface area contributed by atoms with Crippen LogP contribution in [0.15, 0.2) is 29.6 Å². The first-order chi connectivity index (χ1) is 12.1. The Bertz CT molecular complexity index is 916. The van der Waals surface area contributed by atoms with Gasteiger partial charge in [-0.3, -0.25) is 9.59 Å². The van der Waals surface area contributed by atoms with Crippen molar-refractivity contribution in [2.24, 2.45) is 0 Å². The molecule has 0 spiro atoms. The lowest BCUT2D eigenvalue weighted by atomic mass is 10.2. The summed E-state index contributed by atoms with van der Waals surface area (Å²) in [5.74, 6) is 0.245.